The van der Waals surface area contributed by atoms with Crippen LogP contribution in [0.15, 0.2) is 65.3 Å². The molecule has 3 aromatic heterocycles. The zero-order valence-corrected chi connectivity index (χ0v) is 19.3. The van der Waals surface area contributed by atoms with Crippen molar-refractivity contribution in [3.63, 3.8) is 0 Å². The molecule has 1 aliphatic heterocycles. The lowest BCUT2D eigenvalue weighted by atomic mass is 9.92. The van der Waals surface area contributed by atoms with Crippen LogP contribution in [0.25, 0.3) is 44.9 Å². The monoisotopic (exact) mass is 479 g/mol. The minimum absolute atomic E-state index is 0.111. The van der Waals surface area contributed by atoms with Gasteiger partial charge in [-0.05, 0) is 61.2 Å². The molecule has 2 aromatic carbocycles. The Hall–Kier alpha value is -4.64. The van der Waals surface area contributed by atoms with E-state index in [0.29, 0.717) is 28.1 Å². The van der Waals surface area contributed by atoms with Gasteiger partial charge >= 0.3 is 0 Å². The van der Waals surface area contributed by atoms with Gasteiger partial charge in [-0.1, -0.05) is 12.1 Å². The summed E-state index contributed by atoms with van der Waals surface area (Å²) in [6, 6.07) is 17.7. The fraction of sp³-hybridized carbons (Fsp3) is 0.179. The first-order valence-corrected chi connectivity index (χ1v) is 11.8. The number of nitrogens with one attached hydrogen (secondary N) is 1. The van der Waals surface area contributed by atoms with E-state index in [1.54, 1.807) is 18.4 Å². The Bertz CT molecular complexity index is 1590. The summed E-state index contributed by atoms with van der Waals surface area (Å²) in [6.45, 7) is 2.05. The number of pyridine rings is 1. The third-order valence-electron chi connectivity index (χ3n) is 6.67. The van der Waals surface area contributed by atoms with E-state index in [-0.39, 0.29) is 22.6 Å². The maximum absolute atomic E-state index is 14.9. The van der Waals surface area contributed by atoms with Gasteiger partial charge in [0, 0.05) is 36.0 Å². The molecule has 0 bridgehead atoms. The molecule has 0 spiro atoms. The predicted molar refractivity (Wildman–Crippen MR) is 135 cm³/mol. The molecule has 0 amide bonds. The Morgan fingerprint density at radius 2 is 1.86 bits per heavy atom. The number of aromatic amines is 1. The summed E-state index contributed by atoms with van der Waals surface area (Å²) in [5.74, 6) is -0.325. The number of nitriles is 1. The first-order valence-electron chi connectivity index (χ1n) is 11.8. The normalized spacial score (nSPS) is 13.7. The van der Waals surface area contributed by atoms with E-state index in [1.165, 1.54) is 31.4 Å². The summed E-state index contributed by atoms with van der Waals surface area (Å²) >= 11 is 0. The number of furan rings is 1. The first-order chi connectivity index (χ1) is 17.6. The fourth-order valence-corrected chi connectivity index (χ4v) is 4.93. The molecule has 4 heterocycles. The molecule has 178 valence electrons. The Balaban J connectivity index is 1.60. The number of rotatable bonds is 4. The number of H-pyrrole nitrogens is 1. The lowest BCUT2D eigenvalue weighted by Crippen LogP contribution is -2.29. The standard InChI is InChI=1S/C28H22FN5O2/c29-22-15-19(35)10-11-20(22)26-21(16-30)24(17-6-8-18(9-7-17)34-12-2-1-3-13-34)25-27(23-5-4-14-36-23)32-33-28(25)31-26/h4-11,14-15,35H,1-3,12-13H2,(H,31,32,33). The molecule has 6 rings (SSSR count). The number of aromatic nitrogens is 3. The topological polar surface area (TPSA) is 102 Å². The Labute approximate surface area is 206 Å². The maximum Gasteiger partial charge on any atom is 0.182 e. The number of aromatic hydroxyl groups is 1. The number of nitrogens with zero attached hydrogens (tertiary/aromatic N) is 4. The molecule has 0 saturated carbocycles. The number of phenols is 1. The summed E-state index contributed by atoms with van der Waals surface area (Å²) in [5.41, 5.74) is 3.92. The van der Waals surface area contributed by atoms with E-state index in [1.807, 2.05) is 12.1 Å². The van der Waals surface area contributed by atoms with Crippen LogP contribution in [-0.4, -0.2) is 33.4 Å². The highest BCUT2D eigenvalue weighted by molar-refractivity contribution is 6.06. The summed E-state index contributed by atoms with van der Waals surface area (Å²) in [5, 5.41) is 28.0. The molecule has 0 radical (unpaired) electrons. The van der Waals surface area contributed by atoms with E-state index in [4.69, 9.17) is 4.42 Å². The van der Waals surface area contributed by atoms with Crippen LogP contribution in [0.4, 0.5) is 10.1 Å². The summed E-state index contributed by atoms with van der Waals surface area (Å²) < 4.78 is 20.5. The number of hydrogen-bond acceptors (Lipinski definition) is 6. The van der Waals surface area contributed by atoms with Crippen molar-refractivity contribution < 1.29 is 13.9 Å². The lowest BCUT2D eigenvalue weighted by Gasteiger charge is -2.29. The van der Waals surface area contributed by atoms with Gasteiger partial charge in [0.2, 0.25) is 0 Å². The average molecular weight is 480 g/mol. The number of halogens is 1. The largest absolute Gasteiger partial charge is 0.508 e. The summed E-state index contributed by atoms with van der Waals surface area (Å²) in [4.78, 5) is 6.94. The third-order valence-corrected chi connectivity index (χ3v) is 6.67. The SMILES string of the molecule is N#Cc1c(-c2ccc(O)cc2F)nc2n[nH]c(-c3ccco3)c2c1-c1ccc(N2CCCCC2)cc1. The molecule has 7 nitrogen and oxygen atoms in total. The number of hydrogen-bond donors (Lipinski definition) is 2. The molecule has 2 N–H and O–H groups in total. The summed E-state index contributed by atoms with van der Waals surface area (Å²) in [6.07, 6.45) is 5.17. The minimum atomic E-state index is -0.674. The second kappa shape index (κ2) is 8.86. The molecular weight excluding hydrogens is 457 g/mol. The highest BCUT2D eigenvalue weighted by atomic mass is 19.1. The second-order valence-corrected chi connectivity index (χ2v) is 8.86. The van der Waals surface area contributed by atoms with Crippen molar-refractivity contribution in [1.29, 1.82) is 5.26 Å². The maximum atomic E-state index is 14.9. The van der Waals surface area contributed by atoms with Crippen LogP contribution in [0.2, 0.25) is 0 Å². The zero-order valence-electron chi connectivity index (χ0n) is 19.3. The van der Waals surface area contributed by atoms with Gasteiger partial charge in [-0.25, -0.2) is 9.37 Å². The van der Waals surface area contributed by atoms with Crippen LogP contribution in [0, 0.1) is 17.1 Å². The number of fused-ring (bicyclic) bond motifs is 1. The van der Waals surface area contributed by atoms with E-state index in [2.05, 4.69) is 38.3 Å². The van der Waals surface area contributed by atoms with Crippen LogP contribution >= 0.6 is 0 Å². The number of anilines is 1. The molecule has 1 fully saturated rings. The van der Waals surface area contributed by atoms with Gasteiger partial charge < -0.3 is 14.4 Å². The van der Waals surface area contributed by atoms with Gasteiger partial charge in [0.1, 0.15) is 23.3 Å². The van der Waals surface area contributed by atoms with Gasteiger partial charge in [-0.2, -0.15) is 10.4 Å². The van der Waals surface area contributed by atoms with Crippen LogP contribution in [0.5, 0.6) is 5.75 Å². The van der Waals surface area contributed by atoms with Crippen molar-refractivity contribution >= 4 is 16.7 Å². The van der Waals surface area contributed by atoms with Crippen molar-refractivity contribution in [2.45, 2.75) is 19.3 Å². The van der Waals surface area contributed by atoms with Crippen molar-refractivity contribution in [3.8, 4) is 45.7 Å². The Kier molecular flexibility index (Phi) is 5.38. The van der Waals surface area contributed by atoms with Crippen molar-refractivity contribution in [2.24, 2.45) is 0 Å². The Morgan fingerprint density at radius 1 is 1.06 bits per heavy atom. The molecule has 36 heavy (non-hydrogen) atoms. The highest BCUT2D eigenvalue weighted by Gasteiger charge is 2.25. The molecule has 1 saturated heterocycles. The molecule has 0 aliphatic carbocycles. The van der Waals surface area contributed by atoms with E-state index >= 15 is 0 Å². The molecular formula is C28H22FN5O2. The Morgan fingerprint density at radius 3 is 2.56 bits per heavy atom. The number of piperidine rings is 1. The van der Waals surface area contributed by atoms with Gasteiger partial charge in [-0.3, -0.25) is 5.10 Å². The molecule has 1 aliphatic rings. The number of benzene rings is 2. The smallest absolute Gasteiger partial charge is 0.182 e. The number of phenolic OH excluding ortho intramolecular Hbond substituents is 1. The quantitative estimate of drug-likeness (QED) is 0.315. The van der Waals surface area contributed by atoms with Crippen molar-refractivity contribution in [3.05, 3.63) is 72.2 Å². The highest BCUT2D eigenvalue weighted by Crippen LogP contribution is 2.41. The van der Waals surface area contributed by atoms with Crippen molar-refractivity contribution in [2.75, 3.05) is 18.0 Å². The molecule has 5 aromatic rings. The average Bonchev–Trinajstić information content (AvgIpc) is 3.58. The van der Waals surface area contributed by atoms with Gasteiger partial charge in [0.05, 0.1) is 22.9 Å². The predicted octanol–water partition coefficient (Wildman–Crippen LogP) is 6.26. The first kappa shape index (κ1) is 21.9. The molecule has 0 atom stereocenters. The second-order valence-electron chi connectivity index (χ2n) is 8.86. The minimum Gasteiger partial charge on any atom is -0.508 e. The van der Waals surface area contributed by atoms with Crippen LogP contribution in [-0.2, 0) is 0 Å². The third kappa shape index (κ3) is 3.66. The lowest BCUT2D eigenvalue weighted by molar-refractivity contribution is 0.469. The van der Waals surface area contributed by atoms with Crippen LogP contribution in [0.1, 0.15) is 24.8 Å². The summed E-state index contributed by atoms with van der Waals surface area (Å²) in [7, 11) is 0. The van der Waals surface area contributed by atoms with Gasteiger partial charge in [0.25, 0.3) is 0 Å². The molecule has 8 heteroatoms. The molecule has 0 unspecified atom stereocenters. The van der Waals surface area contributed by atoms with E-state index in [0.717, 1.165) is 30.4 Å². The zero-order chi connectivity index (χ0) is 24.6. The van der Waals surface area contributed by atoms with E-state index < -0.39 is 5.82 Å². The van der Waals surface area contributed by atoms with Crippen LogP contribution in [0.3, 0.4) is 0 Å². The van der Waals surface area contributed by atoms with Crippen LogP contribution < -0.4 is 4.90 Å². The van der Waals surface area contributed by atoms with Gasteiger partial charge in [0.15, 0.2) is 11.4 Å². The van der Waals surface area contributed by atoms with Crippen molar-refractivity contribution in [1.82, 2.24) is 15.2 Å². The van der Waals surface area contributed by atoms with E-state index in [9.17, 15) is 14.8 Å². The fourth-order valence-electron chi connectivity index (χ4n) is 4.93. The van der Waals surface area contributed by atoms with Gasteiger partial charge in [-0.15, -0.1) is 0 Å².